The molecule has 1 amide bonds. The Bertz CT molecular complexity index is 672. The largest absolute Gasteiger partial charge is 0.497 e. The zero-order chi connectivity index (χ0) is 17.5. The van der Waals surface area contributed by atoms with Gasteiger partial charge in [0.05, 0.1) is 18.9 Å². The topological polar surface area (TPSA) is 73.6 Å². The lowest BCUT2D eigenvalue weighted by molar-refractivity contribution is -0.116. The van der Waals surface area contributed by atoms with E-state index in [1.54, 1.807) is 25.3 Å². The molecule has 0 aliphatic rings. The number of hydrogen-bond acceptors (Lipinski definition) is 4. The number of rotatable bonds is 7. The zero-order valence-corrected chi connectivity index (χ0v) is 14.3. The fraction of sp³-hybridized carbons (Fsp3) is 0.316. The van der Waals surface area contributed by atoms with E-state index in [0.29, 0.717) is 17.2 Å². The van der Waals surface area contributed by atoms with Gasteiger partial charge >= 0.3 is 0 Å². The summed E-state index contributed by atoms with van der Waals surface area (Å²) in [6, 6.07) is 14.5. The van der Waals surface area contributed by atoms with Crippen molar-refractivity contribution in [2.24, 2.45) is 5.73 Å². The lowest BCUT2D eigenvalue weighted by Crippen LogP contribution is -2.21. The molecular weight excluding hydrogens is 304 g/mol. The van der Waals surface area contributed by atoms with Gasteiger partial charge in [0, 0.05) is 18.5 Å². The van der Waals surface area contributed by atoms with Crippen LogP contribution in [-0.2, 0) is 4.79 Å². The van der Waals surface area contributed by atoms with Crippen LogP contribution < -0.4 is 20.5 Å². The van der Waals surface area contributed by atoms with Crippen LogP contribution in [0, 0.1) is 0 Å². The van der Waals surface area contributed by atoms with Crippen LogP contribution in [0.2, 0.25) is 0 Å². The molecule has 1 unspecified atom stereocenters. The first kappa shape index (κ1) is 17.8. The van der Waals surface area contributed by atoms with Crippen LogP contribution in [0.25, 0.3) is 0 Å². The van der Waals surface area contributed by atoms with Crippen LogP contribution in [0.3, 0.4) is 0 Å². The Hall–Kier alpha value is -2.53. The standard InChI is InChI=1S/C19H24N2O3/c1-13(2)24-18-10-9-15(23-3)11-17(18)21-19(22)12-16(20)14-7-5-4-6-8-14/h4-11,13,16H,12,20H2,1-3H3,(H,21,22). The SMILES string of the molecule is COc1ccc(OC(C)C)c(NC(=O)CC(N)c2ccccc2)c1. The molecule has 24 heavy (non-hydrogen) atoms. The lowest BCUT2D eigenvalue weighted by atomic mass is 10.0. The number of nitrogens with one attached hydrogen (secondary N) is 1. The van der Waals surface area contributed by atoms with Crippen LogP contribution in [-0.4, -0.2) is 19.1 Å². The average Bonchev–Trinajstić information content (AvgIpc) is 2.56. The maximum atomic E-state index is 12.3. The van der Waals surface area contributed by atoms with E-state index in [9.17, 15) is 4.79 Å². The number of nitrogens with two attached hydrogens (primary N) is 1. The number of anilines is 1. The van der Waals surface area contributed by atoms with Crippen molar-refractivity contribution >= 4 is 11.6 Å². The fourth-order valence-electron chi connectivity index (χ4n) is 2.31. The van der Waals surface area contributed by atoms with Gasteiger partial charge in [0.25, 0.3) is 0 Å². The number of carbonyl (C=O) groups excluding carboxylic acids is 1. The predicted octanol–water partition coefficient (Wildman–Crippen LogP) is 3.51. The molecule has 0 aliphatic carbocycles. The maximum Gasteiger partial charge on any atom is 0.226 e. The van der Waals surface area contributed by atoms with Gasteiger partial charge in [0.15, 0.2) is 0 Å². The van der Waals surface area contributed by atoms with Crippen molar-refractivity contribution in [3.63, 3.8) is 0 Å². The molecule has 0 saturated carbocycles. The summed E-state index contributed by atoms with van der Waals surface area (Å²) in [5.41, 5.74) is 7.61. The molecule has 2 aromatic carbocycles. The van der Waals surface area contributed by atoms with Gasteiger partial charge in [0.2, 0.25) is 5.91 Å². The highest BCUT2D eigenvalue weighted by Gasteiger charge is 2.15. The smallest absolute Gasteiger partial charge is 0.226 e. The average molecular weight is 328 g/mol. The van der Waals surface area contributed by atoms with Crippen molar-refractivity contribution in [3.8, 4) is 11.5 Å². The Balaban J connectivity index is 2.09. The minimum Gasteiger partial charge on any atom is -0.497 e. The Labute approximate surface area is 142 Å². The van der Waals surface area contributed by atoms with Crippen molar-refractivity contribution in [3.05, 3.63) is 54.1 Å². The molecule has 1 atom stereocenters. The fourth-order valence-corrected chi connectivity index (χ4v) is 2.31. The molecule has 128 valence electrons. The Kier molecular flexibility index (Phi) is 6.21. The third-order valence-electron chi connectivity index (χ3n) is 3.46. The molecular formula is C19H24N2O3. The van der Waals surface area contributed by atoms with Gasteiger partial charge in [-0.3, -0.25) is 4.79 Å². The molecule has 5 nitrogen and oxygen atoms in total. The second kappa shape index (κ2) is 8.36. The Morgan fingerprint density at radius 3 is 2.50 bits per heavy atom. The Morgan fingerprint density at radius 1 is 1.17 bits per heavy atom. The summed E-state index contributed by atoms with van der Waals surface area (Å²) < 4.78 is 10.9. The Morgan fingerprint density at radius 2 is 1.88 bits per heavy atom. The highest BCUT2D eigenvalue weighted by atomic mass is 16.5. The van der Waals surface area contributed by atoms with Crippen LogP contribution in [0.4, 0.5) is 5.69 Å². The number of amides is 1. The summed E-state index contributed by atoms with van der Waals surface area (Å²) in [6.45, 7) is 3.86. The van der Waals surface area contributed by atoms with Crippen LogP contribution >= 0.6 is 0 Å². The number of carbonyl (C=O) groups is 1. The molecule has 0 saturated heterocycles. The van der Waals surface area contributed by atoms with E-state index < -0.39 is 0 Å². The van der Waals surface area contributed by atoms with Crippen molar-refractivity contribution in [2.75, 3.05) is 12.4 Å². The van der Waals surface area contributed by atoms with Gasteiger partial charge in [-0.2, -0.15) is 0 Å². The van der Waals surface area contributed by atoms with E-state index in [2.05, 4.69) is 5.32 Å². The van der Waals surface area contributed by atoms with Gasteiger partial charge in [-0.1, -0.05) is 30.3 Å². The molecule has 0 fully saturated rings. The zero-order valence-electron chi connectivity index (χ0n) is 14.3. The van der Waals surface area contributed by atoms with Gasteiger partial charge in [-0.15, -0.1) is 0 Å². The summed E-state index contributed by atoms with van der Waals surface area (Å²) in [4.78, 5) is 12.3. The third-order valence-corrected chi connectivity index (χ3v) is 3.46. The highest BCUT2D eigenvalue weighted by Crippen LogP contribution is 2.30. The van der Waals surface area contributed by atoms with Crippen molar-refractivity contribution in [1.29, 1.82) is 0 Å². The first-order chi connectivity index (χ1) is 11.5. The van der Waals surface area contributed by atoms with E-state index in [0.717, 1.165) is 5.56 Å². The molecule has 0 heterocycles. The molecule has 0 aliphatic heterocycles. The van der Waals surface area contributed by atoms with E-state index in [1.807, 2.05) is 44.2 Å². The van der Waals surface area contributed by atoms with Gasteiger partial charge in [-0.25, -0.2) is 0 Å². The van der Waals surface area contributed by atoms with Crippen molar-refractivity contribution in [2.45, 2.75) is 32.4 Å². The summed E-state index contributed by atoms with van der Waals surface area (Å²) in [5, 5.41) is 2.87. The molecule has 2 aromatic rings. The van der Waals surface area contributed by atoms with Gasteiger partial charge in [-0.05, 0) is 31.5 Å². The summed E-state index contributed by atoms with van der Waals surface area (Å²) in [5.74, 6) is 1.08. The predicted molar refractivity (Wildman–Crippen MR) is 95.4 cm³/mol. The molecule has 5 heteroatoms. The number of methoxy groups -OCH3 is 1. The molecule has 0 spiro atoms. The van der Waals surface area contributed by atoms with Crippen molar-refractivity contribution in [1.82, 2.24) is 0 Å². The maximum absolute atomic E-state index is 12.3. The van der Waals surface area contributed by atoms with E-state index in [4.69, 9.17) is 15.2 Å². The second-order valence-corrected chi connectivity index (χ2v) is 5.80. The summed E-state index contributed by atoms with van der Waals surface area (Å²) >= 11 is 0. The molecule has 2 rings (SSSR count). The van der Waals surface area contributed by atoms with Crippen LogP contribution in [0.5, 0.6) is 11.5 Å². The third kappa shape index (κ3) is 4.99. The van der Waals surface area contributed by atoms with E-state index in [1.165, 1.54) is 0 Å². The number of benzene rings is 2. The van der Waals surface area contributed by atoms with Gasteiger partial charge < -0.3 is 20.5 Å². The first-order valence-corrected chi connectivity index (χ1v) is 7.94. The minimum absolute atomic E-state index is 0.000577. The lowest BCUT2D eigenvalue weighted by Gasteiger charge is -2.17. The monoisotopic (exact) mass is 328 g/mol. The summed E-state index contributed by atoms with van der Waals surface area (Å²) in [7, 11) is 1.58. The second-order valence-electron chi connectivity index (χ2n) is 5.80. The van der Waals surface area contributed by atoms with Crippen LogP contribution in [0.15, 0.2) is 48.5 Å². The van der Waals surface area contributed by atoms with Gasteiger partial charge in [0.1, 0.15) is 11.5 Å². The quantitative estimate of drug-likeness (QED) is 0.816. The molecule has 0 bridgehead atoms. The van der Waals surface area contributed by atoms with E-state index in [-0.39, 0.29) is 24.5 Å². The minimum atomic E-state index is -0.355. The first-order valence-electron chi connectivity index (χ1n) is 7.94. The summed E-state index contributed by atoms with van der Waals surface area (Å²) in [6.07, 6.45) is 0.183. The molecule has 0 radical (unpaired) electrons. The normalized spacial score (nSPS) is 11.9. The molecule has 0 aromatic heterocycles. The van der Waals surface area contributed by atoms with Crippen molar-refractivity contribution < 1.29 is 14.3 Å². The number of ether oxygens (including phenoxy) is 2. The molecule has 3 N–H and O–H groups in total. The highest BCUT2D eigenvalue weighted by molar-refractivity contribution is 5.93. The number of hydrogen-bond donors (Lipinski definition) is 2. The van der Waals surface area contributed by atoms with Crippen LogP contribution in [0.1, 0.15) is 31.9 Å². The van der Waals surface area contributed by atoms with E-state index >= 15 is 0 Å².